The van der Waals surface area contributed by atoms with Crippen LogP contribution in [0.25, 0.3) is 0 Å². The minimum Gasteiger partial charge on any atom is -0.330 e. The van der Waals surface area contributed by atoms with E-state index < -0.39 is 23.8 Å². The molecule has 0 aromatic heterocycles. The summed E-state index contributed by atoms with van der Waals surface area (Å²) in [5.74, 6) is -1.90. The van der Waals surface area contributed by atoms with Gasteiger partial charge < -0.3 is 5.73 Å². The van der Waals surface area contributed by atoms with Crippen LogP contribution in [-0.4, -0.2) is 41.1 Å². The zero-order chi connectivity index (χ0) is 18.0. The second-order valence-corrected chi connectivity index (χ2v) is 6.43. The number of nitrogens with one attached hydrogen (secondary N) is 1. The molecule has 0 radical (unpaired) electrons. The van der Waals surface area contributed by atoms with Gasteiger partial charge in [0, 0.05) is 6.42 Å². The van der Waals surface area contributed by atoms with Gasteiger partial charge in [0.05, 0.1) is 11.1 Å². The maximum absolute atomic E-state index is 12.7. The molecule has 7 nitrogen and oxygen atoms in total. The van der Waals surface area contributed by atoms with E-state index in [1.807, 2.05) is 6.07 Å². The number of unbranched alkanes of at least 4 members (excludes halogenated alkanes) is 2. The highest BCUT2D eigenvalue weighted by Crippen LogP contribution is 2.28. The van der Waals surface area contributed by atoms with Crippen molar-refractivity contribution >= 4 is 23.6 Å². The molecule has 3 rings (SSSR count). The summed E-state index contributed by atoms with van der Waals surface area (Å²) in [5.41, 5.74) is 7.13. The number of fused-ring (bicyclic) bond motifs is 1. The van der Waals surface area contributed by atoms with Gasteiger partial charge in [-0.2, -0.15) is 0 Å². The Kier molecular flexibility index (Phi) is 4.94. The van der Waals surface area contributed by atoms with Gasteiger partial charge in [0.2, 0.25) is 11.8 Å². The standard InChI is InChI=1S/C18H21N3O4/c19-9-3-1-2-4-11-5-6-12-13(10-11)18(25)21(17(12)24)14-7-8-15(22)20-16(14)23/h5-6,10,14H,1-4,7-9,19H2,(H,20,22,23). The Morgan fingerprint density at radius 1 is 1.04 bits per heavy atom. The second-order valence-electron chi connectivity index (χ2n) is 6.43. The lowest BCUT2D eigenvalue weighted by atomic mass is 10.0. The summed E-state index contributed by atoms with van der Waals surface area (Å²) in [6.07, 6.45) is 4.05. The number of hydrogen-bond donors (Lipinski definition) is 2. The van der Waals surface area contributed by atoms with Crippen LogP contribution in [0.3, 0.4) is 0 Å². The average molecular weight is 343 g/mol. The molecule has 1 saturated heterocycles. The molecule has 1 atom stereocenters. The summed E-state index contributed by atoms with van der Waals surface area (Å²) in [6.45, 7) is 0.665. The van der Waals surface area contributed by atoms with Gasteiger partial charge in [0.15, 0.2) is 0 Å². The number of carbonyl (C=O) groups excluding carboxylic acids is 4. The number of piperidine rings is 1. The summed E-state index contributed by atoms with van der Waals surface area (Å²) < 4.78 is 0. The molecular weight excluding hydrogens is 322 g/mol. The summed E-state index contributed by atoms with van der Waals surface area (Å²) in [5, 5.41) is 2.19. The smallest absolute Gasteiger partial charge is 0.262 e. The number of aryl methyl sites for hydroxylation is 1. The van der Waals surface area contributed by atoms with Crippen LogP contribution in [-0.2, 0) is 16.0 Å². The summed E-state index contributed by atoms with van der Waals surface area (Å²) in [7, 11) is 0. The van der Waals surface area contributed by atoms with Crippen LogP contribution >= 0.6 is 0 Å². The molecule has 0 saturated carbocycles. The van der Waals surface area contributed by atoms with Crippen molar-refractivity contribution in [2.45, 2.75) is 44.6 Å². The molecule has 2 aliphatic heterocycles. The highest BCUT2D eigenvalue weighted by molar-refractivity contribution is 6.23. The minimum absolute atomic E-state index is 0.121. The van der Waals surface area contributed by atoms with Crippen LogP contribution in [0.2, 0.25) is 0 Å². The fourth-order valence-corrected chi connectivity index (χ4v) is 3.32. The fraction of sp³-hybridized carbons (Fsp3) is 0.444. The molecule has 25 heavy (non-hydrogen) atoms. The van der Waals surface area contributed by atoms with E-state index in [9.17, 15) is 19.2 Å². The van der Waals surface area contributed by atoms with Gasteiger partial charge in [-0.1, -0.05) is 12.5 Å². The Hall–Kier alpha value is -2.54. The largest absolute Gasteiger partial charge is 0.330 e. The molecular formula is C18H21N3O4. The molecule has 1 aromatic rings. The summed E-state index contributed by atoms with van der Waals surface area (Å²) >= 11 is 0. The normalized spacial score (nSPS) is 20.0. The van der Waals surface area contributed by atoms with E-state index in [0.29, 0.717) is 17.7 Å². The lowest BCUT2D eigenvalue weighted by Crippen LogP contribution is -2.54. The molecule has 132 valence electrons. The van der Waals surface area contributed by atoms with Gasteiger partial charge in [-0.25, -0.2) is 0 Å². The highest BCUT2D eigenvalue weighted by atomic mass is 16.2. The van der Waals surface area contributed by atoms with Crippen LogP contribution in [0.5, 0.6) is 0 Å². The van der Waals surface area contributed by atoms with Crippen LogP contribution in [0, 0.1) is 0 Å². The van der Waals surface area contributed by atoms with Gasteiger partial charge in [-0.05, 0) is 49.9 Å². The number of benzene rings is 1. The quantitative estimate of drug-likeness (QED) is 0.585. The van der Waals surface area contributed by atoms with Crippen molar-refractivity contribution in [3.05, 3.63) is 34.9 Å². The number of amides is 4. The minimum atomic E-state index is -0.918. The zero-order valence-corrected chi connectivity index (χ0v) is 13.9. The first-order valence-corrected chi connectivity index (χ1v) is 8.57. The fourth-order valence-electron chi connectivity index (χ4n) is 3.32. The molecule has 3 N–H and O–H groups in total. The van der Waals surface area contributed by atoms with E-state index in [1.54, 1.807) is 12.1 Å². The predicted octanol–water partition coefficient (Wildman–Crippen LogP) is 0.759. The van der Waals surface area contributed by atoms with Crippen LogP contribution in [0.1, 0.15) is 58.4 Å². The Morgan fingerprint density at radius 3 is 2.52 bits per heavy atom. The van der Waals surface area contributed by atoms with E-state index in [2.05, 4.69) is 5.32 Å². The Bertz CT molecular complexity index is 744. The van der Waals surface area contributed by atoms with Crippen LogP contribution in [0.15, 0.2) is 18.2 Å². The Balaban J connectivity index is 1.77. The first-order chi connectivity index (χ1) is 12.0. The van der Waals surface area contributed by atoms with E-state index in [-0.39, 0.29) is 18.7 Å². The summed E-state index contributed by atoms with van der Waals surface area (Å²) in [4.78, 5) is 49.5. The van der Waals surface area contributed by atoms with Crippen LogP contribution in [0.4, 0.5) is 0 Å². The molecule has 2 heterocycles. The van der Waals surface area contributed by atoms with Crippen molar-refractivity contribution in [3.63, 3.8) is 0 Å². The van der Waals surface area contributed by atoms with E-state index >= 15 is 0 Å². The number of nitrogens with two attached hydrogens (primary N) is 1. The third-order valence-corrected chi connectivity index (χ3v) is 4.67. The van der Waals surface area contributed by atoms with Gasteiger partial charge in [-0.15, -0.1) is 0 Å². The molecule has 1 fully saturated rings. The van der Waals surface area contributed by atoms with Crippen LogP contribution < -0.4 is 11.1 Å². The monoisotopic (exact) mass is 343 g/mol. The van der Waals surface area contributed by atoms with Gasteiger partial charge in [-0.3, -0.25) is 29.4 Å². The first kappa shape index (κ1) is 17.3. The third-order valence-electron chi connectivity index (χ3n) is 4.67. The summed E-state index contributed by atoms with van der Waals surface area (Å²) in [6, 6.07) is 4.32. The van der Waals surface area contributed by atoms with Gasteiger partial charge in [0.1, 0.15) is 6.04 Å². The number of nitrogens with zero attached hydrogens (tertiary/aromatic N) is 1. The van der Waals surface area contributed by atoms with Crippen molar-refractivity contribution in [1.82, 2.24) is 10.2 Å². The molecule has 2 aliphatic rings. The number of carbonyl (C=O) groups is 4. The van der Waals surface area contributed by atoms with Crippen molar-refractivity contribution in [2.24, 2.45) is 5.73 Å². The third kappa shape index (κ3) is 3.32. The van der Waals surface area contributed by atoms with Gasteiger partial charge in [0.25, 0.3) is 11.8 Å². The SMILES string of the molecule is NCCCCCc1ccc2c(c1)C(=O)N(C1CCC(=O)NC1=O)C2=O. The van der Waals surface area contributed by atoms with Crippen molar-refractivity contribution < 1.29 is 19.2 Å². The Morgan fingerprint density at radius 2 is 1.80 bits per heavy atom. The second kappa shape index (κ2) is 7.14. The van der Waals surface area contributed by atoms with E-state index in [4.69, 9.17) is 5.73 Å². The first-order valence-electron chi connectivity index (χ1n) is 8.57. The zero-order valence-electron chi connectivity index (χ0n) is 13.9. The molecule has 0 spiro atoms. The highest BCUT2D eigenvalue weighted by Gasteiger charge is 2.44. The number of hydrogen-bond acceptors (Lipinski definition) is 5. The van der Waals surface area contributed by atoms with E-state index in [1.165, 1.54) is 0 Å². The maximum Gasteiger partial charge on any atom is 0.262 e. The average Bonchev–Trinajstić information content (AvgIpc) is 2.83. The molecule has 1 aromatic carbocycles. The number of rotatable bonds is 6. The van der Waals surface area contributed by atoms with Crippen molar-refractivity contribution in [1.29, 1.82) is 0 Å². The molecule has 1 unspecified atom stereocenters. The molecule has 0 bridgehead atoms. The van der Waals surface area contributed by atoms with Crippen molar-refractivity contribution in [3.8, 4) is 0 Å². The lowest BCUT2D eigenvalue weighted by Gasteiger charge is -2.27. The maximum atomic E-state index is 12.7. The predicted molar refractivity (Wildman–Crippen MR) is 89.7 cm³/mol. The molecule has 0 aliphatic carbocycles. The Labute approximate surface area is 145 Å². The number of imide groups is 2. The van der Waals surface area contributed by atoms with Gasteiger partial charge >= 0.3 is 0 Å². The van der Waals surface area contributed by atoms with Crippen molar-refractivity contribution in [2.75, 3.05) is 6.54 Å². The molecule has 4 amide bonds. The lowest BCUT2D eigenvalue weighted by molar-refractivity contribution is -0.136. The van der Waals surface area contributed by atoms with E-state index in [0.717, 1.165) is 36.1 Å². The molecule has 7 heteroatoms. The topological polar surface area (TPSA) is 110 Å².